The van der Waals surface area contributed by atoms with Gasteiger partial charge in [-0.1, -0.05) is 92.2 Å². The minimum atomic E-state index is -0.151. The third-order valence-corrected chi connectivity index (χ3v) is 5.04. The number of para-hydroxylation sites is 1. The van der Waals surface area contributed by atoms with E-state index in [2.05, 4.69) is 25.2 Å². The highest BCUT2D eigenvalue weighted by Gasteiger charge is 2.17. The molecule has 0 aliphatic heterocycles. The number of hydrogen-bond acceptors (Lipinski definition) is 1. The molecule has 3 rings (SSSR count). The number of carbonyl (C=O) groups excluding carboxylic acids is 1. The summed E-state index contributed by atoms with van der Waals surface area (Å²) in [5, 5.41) is 3.76. The summed E-state index contributed by atoms with van der Waals surface area (Å²) in [6, 6.07) is 23.3. The summed E-state index contributed by atoms with van der Waals surface area (Å²) in [6.45, 7) is 6.27. The normalized spacial score (nSPS) is 11.5. The first-order valence-electron chi connectivity index (χ1n) is 9.40. The van der Waals surface area contributed by atoms with Crippen LogP contribution in [0, 0.1) is 6.92 Å². The van der Waals surface area contributed by atoms with Crippen LogP contribution in [0.2, 0.25) is 5.02 Å². The summed E-state index contributed by atoms with van der Waals surface area (Å²) in [7, 11) is 0. The molecule has 3 aromatic carbocycles. The number of rotatable bonds is 5. The van der Waals surface area contributed by atoms with Gasteiger partial charge >= 0.3 is 0 Å². The lowest BCUT2D eigenvalue weighted by molar-refractivity contribution is -0.111. The highest BCUT2D eigenvalue weighted by atomic mass is 35.5. The van der Waals surface area contributed by atoms with Gasteiger partial charge in [0.15, 0.2) is 0 Å². The van der Waals surface area contributed by atoms with Crippen molar-refractivity contribution in [2.45, 2.75) is 26.7 Å². The average molecular weight is 390 g/mol. The van der Waals surface area contributed by atoms with E-state index in [4.69, 9.17) is 11.6 Å². The number of halogens is 1. The fraction of sp³-hybridized carbons (Fsp3) is 0.160. The van der Waals surface area contributed by atoms with E-state index in [1.165, 1.54) is 0 Å². The zero-order valence-corrected chi connectivity index (χ0v) is 17.1. The van der Waals surface area contributed by atoms with Gasteiger partial charge in [0.1, 0.15) is 0 Å². The van der Waals surface area contributed by atoms with E-state index in [1.54, 1.807) is 0 Å². The van der Waals surface area contributed by atoms with E-state index < -0.39 is 0 Å². The molecule has 0 unspecified atom stereocenters. The third-order valence-electron chi connectivity index (χ3n) is 4.70. The van der Waals surface area contributed by atoms with Crippen LogP contribution < -0.4 is 5.32 Å². The molecule has 3 aromatic rings. The van der Waals surface area contributed by atoms with Crippen LogP contribution in [0.4, 0.5) is 5.69 Å². The molecule has 28 heavy (non-hydrogen) atoms. The van der Waals surface area contributed by atoms with E-state index in [0.717, 1.165) is 27.9 Å². The molecule has 0 bridgehead atoms. The van der Waals surface area contributed by atoms with Crippen molar-refractivity contribution in [2.24, 2.45) is 0 Å². The summed E-state index contributed by atoms with van der Waals surface area (Å²) < 4.78 is 0. The first kappa shape index (κ1) is 19.9. The molecule has 0 aliphatic rings. The minimum Gasteiger partial charge on any atom is -0.321 e. The average Bonchev–Trinajstić information content (AvgIpc) is 2.69. The largest absolute Gasteiger partial charge is 0.321 e. The van der Waals surface area contributed by atoms with E-state index in [9.17, 15) is 4.79 Å². The van der Waals surface area contributed by atoms with Gasteiger partial charge < -0.3 is 5.32 Å². The molecule has 0 heterocycles. The lowest BCUT2D eigenvalue weighted by Gasteiger charge is -2.18. The van der Waals surface area contributed by atoms with Gasteiger partial charge in [-0.3, -0.25) is 4.79 Å². The van der Waals surface area contributed by atoms with E-state index in [1.807, 2.05) is 79.7 Å². The van der Waals surface area contributed by atoms with Crippen LogP contribution in [0.1, 0.15) is 42.0 Å². The summed E-state index contributed by atoms with van der Waals surface area (Å²) in [6.07, 6.45) is 1.85. The van der Waals surface area contributed by atoms with Gasteiger partial charge in [0.2, 0.25) is 0 Å². The zero-order chi connectivity index (χ0) is 20.1. The van der Waals surface area contributed by atoms with Gasteiger partial charge in [0.05, 0.1) is 0 Å². The molecular weight excluding hydrogens is 366 g/mol. The molecule has 0 saturated heterocycles. The Morgan fingerprint density at radius 1 is 0.929 bits per heavy atom. The van der Waals surface area contributed by atoms with Crippen molar-refractivity contribution >= 4 is 34.8 Å². The number of anilines is 1. The standard InChI is InChI=1S/C25H24ClNO/c1-17(2)21-14-9-10-18(3)24(21)27-25(28)22(19-11-5-4-6-12-19)16-20-13-7-8-15-23(20)26/h4-17H,1-3H3,(H,27,28)/b22-16+. The Kier molecular flexibility index (Phi) is 6.33. The van der Waals surface area contributed by atoms with Crippen molar-refractivity contribution in [2.75, 3.05) is 5.32 Å². The van der Waals surface area contributed by atoms with Crippen LogP contribution in [0.25, 0.3) is 11.6 Å². The van der Waals surface area contributed by atoms with E-state index in [0.29, 0.717) is 16.5 Å². The summed E-state index contributed by atoms with van der Waals surface area (Å²) in [5.41, 5.74) is 5.28. The van der Waals surface area contributed by atoms with Crippen molar-refractivity contribution in [3.63, 3.8) is 0 Å². The molecule has 0 saturated carbocycles. The number of amides is 1. The molecule has 1 amide bonds. The van der Waals surface area contributed by atoms with Gasteiger partial charge in [-0.2, -0.15) is 0 Å². The number of aryl methyl sites for hydroxylation is 1. The molecule has 0 aromatic heterocycles. The molecule has 3 heteroatoms. The van der Waals surface area contributed by atoms with Crippen molar-refractivity contribution in [1.29, 1.82) is 0 Å². The van der Waals surface area contributed by atoms with Gasteiger partial charge in [-0.25, -0.2) is 0 Å². The van der Waals surface area contributed by atoms with Gasteiger partial charge in [-0.05, 0) is 47.2 Å². The number of carbonyl (C=O) groups is 1. The topological polar surface area (TPSA) is 29.1 Å². The monoisotopic (exact) mass is 389 g/mol. The van der Waals surface area contributed by atoms with Crippen LogP contribution in [-0.2, 0) is 4.79 Å². The molecule has 0 fully saturated rings. The summed E-state index contributed by atoms with van der Waals surface area (Å²) in [5.74, 6) is 0.158. The van der Waals surface area contributed by atoms with E-state index >= 15 is 0 Å². The summed E-state index contributed by atoms with van der Waals surface area (Å²) >= 11 is 6.34. The van der Waals surface area contributed by atoms with Gasteiger partial charge in [0.25, 0.3) is 5.91 Å². The maximum absolute atomic E-state index is 13.3. The highest BCUT2D eigenvalue weighted by Crippen LogP contribution is 2.30. The Bertz CT molecular complexity index is 1010. The van der Waals surface area contributed by atoms with Gasteiger partial charge in [-0.15, -0.1) is 0 Å². The second-order valence-electron chi connectivity index (χ2n) is 7.09. The second kappa shape index (κ2) is 8.90. The van der Waals surface area contributed by atoms with Crippen molar-refractivity contribution in [3.8, 4) is 0 Å². The fourth-order valence-electron chi connectivity index (χ4n) is 3.17. The van der Waals surface area contributed by atoms with Crippen LogP contribution in [0.3, 0.4) is 0 Å². The Hall–Kier alpha value is -2.84. The Morgan fingerprint density at radius 3 is 2.29 bits per heavy atom. The molecule has 0 atom stereocenters. The predicted molar refractivity (Wildman–Crippen MR) is 120 cm³/mol. The van der Waals surface area contributed by atoms with Crippen LogP contribution in [-0.4, -0.2) is 5.91 Å². The Balaban J connectivity index is 2.05. The molecule has 0 radical (unpaired) electrons. The Morgan fingerprint density at radius 2 is 1.61 bits per heavy atom. The molecule has 2 nitrogen and oxygen atoms in total. The quantitative estimate of drug-likeness (QED) is 0.371. The number of hydrogen-bond donors (Lipinski definition) is 1. The Labute approximate surface area is 171 Å². The molecular formula is C25H24ClNO. The van der Waals surface area contributed by atoms with Gasteiger partial charge in [0, 0.05) is 16.3 Å². The summed E-state index contributed by atoms with van der Waals surface area (Å²) in [4.78, 5) is 13.3. The fourth-order valence-corrected chi connectivity index (χ4v) is 3.36. The second-order valence-corrected chi connectivity index (χ2v) is 7.50. The maximum atomic E-state index is 13.3. The van der Waals surface area contributed by atoms with Crippen LogP contribution >= 0.6 is 11.6 Å². The van der Waals surface area contributed by atoms with E-state index in [-0.39, 0.29) is 5.91 Å². The number of nitrogens with one attached hydrogen (secondary N) is 1. The molecule has 0 spiro atoms. The SMILES string of the molecule is Cc1cccc(C(C)C)c1NC(=O)/C(=C/c1ccccc1Cl)c1ccccc1. The van der Waals surface area contributed by atoms with Crippen molar-refractivity contribution in [1.82, 2.24) is 0 Å². The minimum absolute atomic E-state index is 0.151. The zero-order valence-electron chi connectivity index (χ0n) is 16.4. The first-order valence-corrected chi connectivity index (χ1v) is 9.77. The lowest BCUT2D eigenvalue weighted by atomic mass is 9.97. The molecule has 142 valence electrons. The molecule has 1 N–H and O–H groups in total. The highest BCUT2D eigenvalue weighted by molar-refractivity contribution is 6.34. The lowest BCUT2D eigenvalue weighted by Crippen LogP contribution is -2.16. The van der Waals surface area contributed by atoms with Crippen molar-refractivity contribution in [3.05, 3.63) is 100 Å². The van der Waals surface area contributed by atoms with Crippen molar-refractivity contribution < 1.29 is 4.79 Å². The smallest absolute Gasteiger partial charge is 0.256 e. The maximum Gasteiger partial charge on any atom is 0.256 e. The van der Waals surface area contributed by atoms with Crippen LogP contribution in [0.5, 0.6) is 0 Å². The van der Waals surface area contributed by atoms with Crippen LogP contribution in [0.15, 0.2) is 72.8 Å². The first-order chi connectivity index (χ1) is 13.5. The number of benzene rings is 3. The predicted octanol–water partition coefficient (Wildman–Crippen LogP) is 6.95. The molecule has 0 aliphatic carbocycles. The third kappa shape index (κ3) is 4.52.